The average Bonchev–Trinajstić information content (AvgIpc) is 2.39. The topological polar surface area (TPSA) is 78.7 Å². The Bertz CT molecular complexity index is 614. The number of carbonyl (C=O) groups excluding carboxylic acids is 1. The molecule has 1 amide bonds. The van der Waals surface area contributed by atoms with Crippen molar-refractivity contribution in [1.82, 2.24) is 9.97 Å². The first kappa shape index (κ1) is 11.7. The molecule has 1 N–H and O–H groups in total. The van der Waals surface area contributed by atoms with E-state index in [1.54, 1.807) is 24.4 Å². The van der Waals surface area contributed by atoms with E-state index in [-0.39, 0.29) is 5.91 Å². The molecule has 88 valence electrons. The van der Waals surface area contributed by atoms with Crippen molar-refractivity contribution < 1.29 is 4.79 Å². The second-order valence-corrected chi connectivity index (χ2v) is 3.75. The van der Waals surface area contributed by atoms with Crippen LogP contribution in [0.25, 0.3) is 0 Å². The lowest BCUT2D eigenvalue weighted by molar-refractivity contribution is 0.102. The lowest BCUT2D eigenvalue weighted by Gasteiger charge is -2.04. The summed E-state index contributed by atoms with van der Waals surface area (Å²) in [5.41, 5.74) is 1.84. The summed E-state index contributed by atoms with van der Waals surface area (Å²) >= 11 is 0. The summed E-state index contributed by atoms with van der Waals surface area (Å²) in [5.74, 6) is 0.129. The van der Waals surface area contributed by atoms with Gasteiger partial charge in [-0.1, -0.05) is 0 Å². The fourth-order valence-electron chi connectivity index (χ4n) is 1.40. The van der Waals surface area contributed by atoms with Crippen LogP contribution >= 0.6 is 0 Å². The molecule has 0 aliphatic heterocycles. The van der Waals surface area contributed by atoms with E-state index < -0.39 is 0 Å². The minimum Gasteiger partial charge on any atom is -0.307 e. The molecular formula is C13H10N4O. The number of nitriles is 1. The van der Waals surface area contributed by atoms with Crippen LogP contribution in [-0.4, -0.2) is 15.9 Å². The Morgan fingerprint density at radius 1 is 1.33 bits per heavy atom. The maximum absolute atomic E-state index is 11.9. The number of hydrogen-bond acceptors (Lipinski definition) is 4. The third-order valence-electron chi connectivity index (χ3n) is 2.27. The number of aryl methyl sites for hydroxylation is 1. The number of amides is 1. The van der Waals surface area contributed by atoms with E-state index in [1.165, 1.54) is 12.4 Å². The summed E-state index contributed by atoms with van der Waals surface area (Å²) in [4.78, 5) is 19.8. The molecule has 0 spiro atoms. The van der Waals surface area contributed by atoms with Crippen LogP contribution in [0.3, 0.4) is 0 Å². The number of nitrogens with zero attached hydrogens (tertiary/aromatic N) is 3. The van der Waals surface area contributed by atoms with E-state index in [0.29, 0.717) is 16.9 Å². The van der Waals surface area contributed by atoms with Gasteiger partial charge in [0, 0.05) is 18.6 Å². The van der Waals surface area contributed by atoms with Crippen molar-refractivity contribution in [1.29, 1.82) is 5.26 Å². The summed E-state index contributed by atoms with van der Waals surface area (Å²) < 4.78 is 0. The highest BCUT2D eigenvalue weighted by Crippen LogP contribution is 2.07. The van der Waals surface area contributed by atoms with Crippen LogP contribution in [0.2, 0.25) is 0 Å². The molecule has 2 heterocycles. The second-order valence-electron chi connectivity index (χ2n) is 3.75. The van der Waals surface area contributed by atoms with Gasteiger partial charge in [-0.2, -0.15) is 5.26 Å². The Kier molecular flexibility index (Phi) is 3.30. The molecule has 0 aliphatic rings. The summed E-state index contributed by atoms with van der Waals surface area (Å²) in [5, 5.41) is 11.3. The van der Waals surface area contributed by atoms with Crippen molar-refractivity contribution >= 4 is 11.7 Å². The van der Waals surface area contributed by atoms with Crippen LogP contribution in [0.1, 0.15) is 21.5 Å². The highest BCUT2D eigenvalue weighted by Gasteiger charge is 2.07. The normalized spacial score (nSPS) is 9.56. The number of hydrogen-bond donors (Lipinski definition) is 1. The van der Waals surface area contributed by atoms with Gasteiger partial charge in [0.05, 0.1) is 11.1 Å². The van der Waals surface area contributed by atoms with E-state index in [4.69, 9.17) is 5.26 Å². The molecule has 0 unspecified atom stereocenters. The molecule has 18 heavy (non-hydrogen) atoms. The molecule has 0 radical (unpaired) electrons. The average molecular weight is 238 g/mol. The van der Waals surface area contributed by atoms with Gasteiger partial charge in [-0.25, -0.2) is 4.98 Å². The maximum atomic E-state index is 11.9. The summed E-state index contributed by atoms with van der Waals surface area (Å²) in [6.45, 7) is 1.86. The van der Waals surface area contributed by atoms with Crippen molar-refractivity contribution in [2.24, 2.45) is 0 Å². The summed E-state index contributed by atoms with van der Waals surface area (Å²) in [6.07, 6.45) is 4.58. The zero-order chi connectivity index (χ0) is 13.0. The van der Waals surface area contributed by atoms with Crippen molar-refractivity contribution in [3.8, 4) is 6.07 Å². The van der Waals surface area contributed by atoms with Gasteiger partial charge in [-0.05, 0) is 30.7 Å². The first-order valence-corrected chi connectivity index (χ1v) is 5.28. The van der Waals surface area contributed by atoms with Crippen molar-refractivity contribution in [2.45, 2.75) is 6.92 Å². The fraction of sp³-hybridized carbons (Fsp3) is 0.0769. The van der Waals surface area contributed by atoms with Crippen LogP contribution in [-0.2, 0) is 0 Å². The summed E-state index contributed by atoms with van der Waals surface area (Å²) in [6, 6.07) is 6.88. The number of aromatic nitrogens is 2. The first-order chi connectivity index (χ1) is 8.69. The molecule has 2 rings (SSSR count). The Morgan fingerprint density at radius 2 is 2.17 bits per heavy atom. The van der Waals surface area contributed by atoms with Gasteiger partial charge in [0.25, 0.3) is 5.91 Å². The Labute approximate surface area is 104 Å². The highest BCUT2D eigenvalue weighted by atomic mass is 16.1. The number of nitrogens with one attached hydrogen (secondary N) is 1. The summed E-state index contributed by atoms with van der Waals surface area (Å²) in [7, 11) is 0. The molecule has 0 atom stereocenters. The predicted molar refractivity (Wildman–Crippen MR) is 65.9 cm³/mol. The van der Waals surface area contributed by atoms with Crippen LogP contribution in [0, 0.1) is 18.3 Å². The minimum absolute atomic E-state index is 0.275. The van der Waals surface area contributed by atoms with E-state index in [2.05, 4.69) is 15.3 Å². The zero-order valence-electron chi connectivity index (χ0n) is 9.71. The standard InChI is InChI=1S/C13H10N4O/c1-9-4-11(8-15-6-9)13(18)17-12-3-2-10(5-14)7-16-12/h2-4,6-8H,1H3,(H,16,17,18). The lowest BCUT2D eigenvalue weighted by atomic mass is 10.2. The smallest absolute Gasteiger partial charge is 0.258 e. The largest absolute Gasteiger partial charge is 0.307 e. The maximum Gasteiger partial charge on any atom is 0.258 e. The van der Waals surface area contributed by atoms with Gasteiger partial charge < -0.3 is 5.32 Å². The highest BCUT2D eigenvalue weighted by molar-refractivity contribution is 6.03. The fourth-order valence-corrected chi connectivity index (χ4v) is 1.40. The van der Waals surface area contributed by atoms with Gasteiger partial charge >= 0.3 is 0 Å². The SMILES string of the molecule is Cc1cncc(C(=O)Nc2ccc(C#N)cn2)c1. The molecule has 0 bridgehead atoms. The molecular weight excluding hydrogens is 228 g/mol. The van der Waals surface area contributed by atoms with E-state index in [1.807, 2.05) is 13.0 Å². The first-order valence-electron chi connectivity index (χ1n) is 5.28. The minimum atomic E-state index is -0.275. The molecule has 5 nitrogen and oxygen atoms in total. The Balaban J connectivity index is 2.14. The number of carbonyl (C=O) groups is 1. The second kappa shape index (κ2) is 5.06. The lowest BCUT2D eigenvalue weighted by Crippen LogP contribution is -2.13. The van der Waals surface area contributed by atoms with Crippen LogP contribution in [0.15, 0.2) is 36.8 Å². The molecule has 2 aromatic heterocycles. The molecule has 0 aliphatic carbocycles. The molecule has 5 heteroatoms. The van der Waals surface area contributed by atoms with Crippen molar-refractivity contribution in [2.75, 3.05) is 5.32 Å². The quantitative estimate of drug-likeness (QED) is 0.866. The Morgan fingerprint density at radius 3 is 2.78 bits per heavy atom. The number of anilines is 1. The van der Waals surface area contributed by atoms with Gasteiger partial charge in [0.2, 0.25) is 0 Å². The molecule has 0 saturated carbocycles. The van der Waals surface area contributed by atoms with Gasteiger partial charge in [0.15, 0.2) is 0 Å². The van der Waals surface area contributed by atoms with Crippen molar-refractivity contribution in [3.05, 3.63) is 53.5 Å². The third kappa shape index (κ3) is 2.68. The molecule has 0 fully saturated rings. The van der Waals surface area contributed by atoms with Crippen LogP contribution in [0.5, 0.6) is 0 Å². The molecule has 0 aromatic carbocycles. The number of pyridine rings is 2. The van der Waals surface area contributed by atoms with E-state index in [0.717, 1.165) is 5.56 Å². The molecule has 0 saturated heterocycles. The third-order valence-corrected chi connectivity index (χ3v) is 2.27. The predicted octanol–water partition coefficient (Wildman–Crippen LogP) is 1.91. The van der Waals surface area contributed by atoms with Gasteiger partial charge in [0.1, 0.15) is 11.9 Å². The van der Waals surface area contributed by atoms with E-state index in [9.17, 15) is 4.79 Å². The number of rotatable bonds is 2. The van der Waals surface area contributed by atoms with Gasteiger partial charge in [-0.15, -0.1) is 0 Å². The zero-order valence-corrected chi connectivity index (χ0v) is 9.71. The van der Waals surface area contributed by atoms with E-state index >= 15 is 0 Å². The van der Waals surface area contributed by atoms with Gasteiger partial charge in [-0.3, -0.25) is 9.78 Å². The van der Waals surface area contributed by atoms with Crippen LogP contribution in [0.4, 0.5) is 5.82 Å². The van der Waals surface area contributed by atoms with Crippen LogP contribution < -0.4 is 5.32 Å². The van der Waals surface area contributed by atoms with Crippen molar-refractivity contribution in [3.63, 3.8) is 0 Å². The Hall–Kier alpha value is -2.74. The molecule has 2 aromatic rings. The monoisotopic (exact) mass is 238 g/mol.